The lowest BCUT2D eigenvalue weighted by Gasteiger charge is -2.31. The van der Waals surface area contributed by atoms with Gasteiger partial charge in [0, 0.05) is 13.1 Å². The first-order valence-corrected chi connectivity index (χ1v) is 8.44. The number of hydrogen-bond acceptors (Lipinski definition) is 2. The fourth-order valence-electron chi connectivity index (χ4n) is 3.38. The molecule has 0 bridgehead atoms. The van der Waals surface area contributed by atoms with Gasteiger partial charge >= 0.3 is 0 Å². The fraction of sp³-hybridized carbons (Fsp3) is 0.471. The van der Waals surface area contributed by atoms with E-state index < -0.39 is 0 Å². The third-order valence-corrected chi connectivity index (χ3v) is 5.58. The highest BCUT2D eigenvalue weighted by molar-refractivity contribution is 9.10. The van der Waals surface area contributed by atoms with Crippen LogP contribution in [0.5, 0.6) is 0 Å². The number of fused-ring (bicyclic) bond motifs is 1. The van der Waals surface area contributed by atoms with Gasteiger partial charge in [-0.05, 0) is 58.7 Å². The summed E-state index contributed by atoms with van der Waals surface area (Å²) < 4.78 is 3.18. The minimum atomic E-state index is 0.127. The molecule has 0 saturated carbocycles. The molecule has 0 amide bonds. The summed E-state index contributed by atoms with van der Waals surface area (Å²) in [7, 11) is 2.03. The molecule has 2 atom stereocenters. The van der Waals surface area contributed by atoms with Gasteiger partial charge in [0.05, 0.1) is 15.9 Å². The van der Waals surface area contributed by atoms with Crippen molar-refractivity contribution in [3.63, 3.8) is 0 Å². The average Bonchev–Trinajstić information content (AvgIpc) is 2.77. The molecule has 1 heterocycles. The summed E-state index contributed by atoms with van der Waals surface area (Å²) in [5.41, 5.74) is 11.7. The van der Waals surface area contributed by atoms with Gasteiger partial charge in [0.25, 0.3) is 0 Å². The van der Waals surface area contributed by atoms with Crippen LogP contribution in [-0.4, -0.2) is 9.78 Å². The monoisotopic (exact) mass is 347 g/mol. The van der Waals surface area contributed by atoms with Crippen LogP contribution in [0.15, 0.2) is 28.7 Å². The van der Waals surface area contributed by atoms with Gasteiger partial charge in [0.2, 0.25) is 0 Å². The number of nitrogens with two attached hydrogens (primary N) is 1. The summed E-state index contributed by atoms with van der Waals surface area (Å²) in [6.07, 6.45) is 4.22. The molecule has 2 aromatic rings. The molecule has 3 rings (SSSR count). The molecule has 3 nitrogen and oxygen atoms in total. The van der Waals surface area contributed by atoms with E-state index in [1.807, 2.05) is 11.7 Å². The van der Waals surface area contributed by atoms with E-state index in [0.717, 1.165) is 31.4 Å². The molecule has 1 aliphatic carbocycles. The molecule has 0 radical (unpaired) electrons. The SMILES string of the molecule is CCc1nn(C)c(CC2CCc3ccccc3C2N)c1Br. The van der Waals surface area contributed by atoms with Crippen LogP contribution in [0.2, 0.25) is 0 Å². The van der Waals surface area contributed by atoms with Crippen LogP contribution in [0.1, 0.15) is 41.9 Å². The second-order valence-electron chi connectivity index (χ2n) is 5.91. The smallest absolute Gasteiger partial charge is 0.0766 e. The van der Waals surface area contributed by atoms with E-state index in [0.29, 0.717) is 5.92 Å². The highest BCUT2D eigenvalue weighted by atomic mass is 79.9. The first-order chi connectivity index (χ1) is 10.1. The molecule has 21 heavy (non-hydrogen) atoms. The topological polar surface area (TPSA) is 43.8 Å². The Morgan fingerprint density at radius 2 is 2.14 bits per heavy atom. The van der Waals surface area contributed by atoms with Crippen molar-refractivity contribution < 1.29 is 0 Å². The summed E-state index contributed by atoms with van der Waals surface area (Å²) in [5, 5.41) is 4.59. The maximum absolute atomic E-state index is 6.53. The van der Waals surface area contributed by atoms with Crippen molar-refractivity contribution in [2.75, 3.05) is 0 Å². The van der Waals surface area contributed by atoms with Gasteiger partial charge in [-0.3, -0.25) is 4.68 Å². The van der Waals surface area contributed by atoms with Crippen molar-refractivity contribution in [3.8, 4) is 0 Å². The van der Waals surface area contributed by atoms with Crippen molar-refractivity contribution in [3.05, 3.63) is 51.3 Å². The molecule has 1 aromatic heterocycles. The molecule has 2 unspecified atom stereocenters. The van der Waals surface area contributed by atoms with Crippen LogP contribution in [0, 0.1) is 5.92 Å². The standard InChI is InChI=1S/C17H22BrN3/c1-3-14-16(18)15(21(2)20-14)10-12-9-8-11-6-4-5-7-13(11)17(12)19/h4-7,12,17H,3,8-10,19H2,1-2H3. The summed E-state index contributed by atoms with van der Waals surface area (Å²) in [6.45, 7) is 2.14. The van der Waals surface area contributed by atoms with Gasteiger partial charge in [-0.15, -0.1) is 0 Å². The van der Waals surface area contributed by atoms with E-state index in [-0.39, 0.29) is 6.04 Å². The lowest BCUT2D eigenvalue weighted by Crippen LogP contribution is -2.29. The summed E-state index contributed by atoms with van der Waals surface area (Å²) in [4.78, 5) is 0. The maximum atomic E-state index is 6.53. The van der Waals surface area contributed by atoms with E-state index in [1.165, 1.54) is 21.3 Å². The zero-order valence-electron chi connectivity index (χ0n) is 12.6. The van der Waals surface area contributed by atoms with Gasteiger partial charge < -0.3 is 5.73 Å². The van der Waals surface area contributed by atoms with E-state index in [2.05, 4.69) is 52.2 Å². The number of aromatic nitrogens is 2. The van der Waals surface area contributed by atoms with Crippen molar-refractivity contribution in [2.45, 2.75) is 38.6 Å². The average molecular weight is 348 g/mol. The van der Waals surface area contributed by atoms with Gasteiger partial charge in [0.1, 0.15) is 0 Å². The quantitative estimate of drug-likeness (QED) is 0.922. The van der Waals surface area contributed by atoms with Crippen molar-refractivity contribution in [2.24, 2.45) is 18.7 Å². The molecule has 0 fully saturated rings. The zero-order chi connectivity index (χ0) is 15.0. The third kappa shape index (κ3) is 2.67. The second kappa shape index (κ2) is 5.93. The Morgan fingerprint density at radius 1 is 1.38 bits per heavy atom. The van der Waals surface area contributed by atoms with Crippen molar-refractivity contribution in [1.29, 1.82) is 0 Å². The van der Waals surface area contributed by atoms with E-state index in [9.17, 15) is 0 Å². The van der Waals surface area contributed by atoms with Crippen LogP contribution >= 0.6 is 15.9 Å². The summed E-state index contributed by atoms with van der Waals surface area (Å²) in [5.74, 6) is 0.483. The lowest BCUT2D eigenvalue weighted by atomic mass is 9.78. The molecule has 0 saturated heterocycles. The largest absolute Gasteiger partial charge is 0.324 e. The molecule has 0 aliphatic heterocycles. The minimum Gasteiger partial charge on any atom is -0.324 e. The van der Waals surface area contributed by atoms with Gasteiger partial charge in [0.15, 0.2) is 0 Å². The van der Waals surface area contributed by atoms with Crippen molar-refractivity contribution in [1.82, 2.24) is 9.78 Å². The Kier molecular flexibility index (Phi) is 4.18. The van der Waals surface area contributed by atoms with Crippen LogP contribution in [0.25, 0.3) is 0 Å². The predicted molar refractivity (Wildman–Crippen MR) is 89.2 cm³/mol. The Balaban J connectivity index is 1.85. The molecule has 112 valence electrons. The summed E-state index contributed by atoms with van der Waals surface area (Å²) >= 11 is 3.72. The first kappa shape index (κ1) is 14.8. The third-order valence-electron chi connectivity index (χ3n) is 4.67. The number of rotatable bonds is 3. The second-order valence-corrected chi connectivity index (χ2v) is 6.71. The van der Waals surface area contributed by atoms with Crippen LogP contribution in [0.4, 0.5) is 0 Å². The van der Waals surface area contributed by atoms with Gasteiger partial charge in [-0.25, -0.2) is 0 Å². The van der Waals surface area contributed by atoms with E-state index >= 15 is 0 Å². The number of hydrogen-bond donors (Lipinski definition) is 1. The Hall–Kier alpha value is -1.13. The molecule has 1 aliphatic rings. The number of halogens is 1. The van der Waals surface area contributed by atoms with E-state index in [1.54, 1.807) is 0 Å². The normalized spacial score (nSPS) is 21.3. The minimum absolute atomic E-state index is 0.127. The zero-order valence-corrected chi connectivity index (χ0v) is 14.2. The Morgan fingerprint density at radius 3 is 2.86 bits per heavy atom. The predicted octanol–water partition coefficient (Wildman–Crippen LogP) is 3.55. The molecule has 4 heteroatoms. The molecule has 1 aromatic carbocycles. The fourth-order valence-corrected chi connectivity index (χ4v) is 4.16. The molecule has 0 spiro atoms. The van der Waals surface area contributed by atoms with Crippen LogP contribution in [0.3, 0.4) is 0 Å². The Bertz CT molecular complexity index is 647. The molecule has 2 N–H and O–H groups in total. The number of benzene rings is 1. The van der Waals surface area contributed by atoms with Gasteiger partial charge in [-0.2, -0.15) is 5.10 Å². The molecular weight excluding hydrogens is 326 g/mol. The van der Waals surface area contributed by atoms with Crippen molar-refractivity contribution >= 4 is 15.9 Å². The van der Waals surface area contributed by atoms with E-state index in [4.69, 9.17) is 5.73 Å². The number of aryl methyl sites for hydroxylation is 3. The van der Waals surface area contributed by atoms with Crippen LogP contribution in [-0.2, 0) is 26.3 Å². The highest BCUT2D eigenvalue weighted by Gasteiger charge is 2.28. The molecular formula is C17H22BrN3. The summed E-state index contributed by atoms with van der Waals surface area (Å²) in [6, 6.07) is 8.72. The number of nitrogens with zero attached hydrogens (tertiary/aromatic N) is 2. The van der Waals surface area contributed by atoms with Gasteiger partial charge in [-0.1, -0.05) is 31.2 Å². The highest BCUT2D eigenvalue weighted by Crippen LogP contribution is 2.36. The maximum Gasteiger partial charge on any atom is 0.0766 e. The lowest BCUT2D eigenvalue weighted by molar-refractivity contribution is 0.368. The Labute approximate surface area is 134 Å². The van der Waals surface area contributed by atoms with Crippen LogP contribution < -0.4 is 5.73 Å². The first-order valence-electron chi connectivity index (χ1n) is 7.65.